The molecule has 0 bridgehead atoms. The number of benzene rings is 1. The molecule has 0 spiro atoms. The summed E-state index contributed by atoms with van der Waals surface area (Å²) in [6.45, 7) is 4.13. The fourth-order valence-corrected chi connectivity index (χ4v) is 4.23. The average Bonchev–Trinajstić information content (AvgIpc) is 2.60. The molecule has 1 aliphatic carbocycles. The van der Waals surface area contributed by atoms with E-state index in [2.05, 4.69) is 20.3 Å². The van der Waals surface area contributed by atoms with Crippen molar-refractivity contribution in [2.24, 2.45) is 10.9 Å². The standard InChI is InChI=1S/C19H30N4O3S.HI/c1-2-20-19(21-11-13-27(24,25)22-14-15-6-5-7-15)23-17-10-12-26-18-9-4-3-8-16(17)18;/h3-4,8-9,15,17,22H,2,5-7,10-14H2,1H3,(H2,20,21,23);1H. The highest BCUT2D eigenvalue weighted by atomic mass is 127. The van der Waals surface area contributed by atoms with Gasteiger partial charge in [0, 0.05) is 25.1 Å². The number of nitrogens with zero attached hydrogens (tertiary/aromatic N) is 1. The summed E-state index contributed by atoms with van der Waals surface area (Å²) in [5, 5.41) is 6.61. The third-order valence-corrected chi connectivity index (χ3v) is 6.39. The van der Waals surface area contributed by atoms with Crippen LogP contribution in [0, 0.1) is 5.92 Å². The van der Waals surface area contributed by atoms with Crippen molar-refractivity contribution in [3.8, 4) is 5.75 Å². The Bertz CT molecular complexity index is 753. The zero-order valence-electron chi connectivity index (χ0n) is 16.3. The molecular weight excluding hydrogens is 491 g/mol. The SMILES string of the molecule is CCNC(=NCCS(=O)(=O)NCC1CCC1)NC1CCOc2ccccc21.I. The maximum atomic E-state index is 12.1. The molecule has 1 saturated carbocycles. The Hall–Kier alpha value is -1.07. The number of sulfonamides is 1. The van der Waals surface area contributed by atoms with Crippen molar-refractivity contribution in [1.82, 2.24) is 15.4 Å². The van der Waals surface area contributed by atoms with Crippen LogP contribution in [-0.4, -0.2) is 46.4 Å². The van der Waals surface area contributed by atoms with Gasteiger partial charge in [-0.3, -0.25) is 4.99 Å². The van der Waals surface area contributed by atoms with Crippen molar-refractivity contribution in [2.45, 2.75) is 38.6 Å². The molecule has 1 unspecified atom stereocenters. The van der Waals surface area contributed by atoms with Gasteiger partial charge in [-0.1, -0.05) is 24.6 Å². The highest BCUT2D eigenvalue weighted by Crippen LogP contribution is 2.31. The zero-order valence-corrected chi connectivity index (χ0v) is 19.5. The first kappa shape index (κ1) is 23.2. The highest BCUT2D eigenvalue weighted by Gasteiger charge is 2.22. The molecule has 9 heteroatoms. The van der Waals surface area contributed by atoms with Crippen molar-refractivity contribution in [3.63, 3.8) is 0 Å². The third kappa shape index (κ3) is 6.77. The summed E-state index contributed by atoms with van der Waals surface area (Å²) in [7, 11) is -3.28. The zero-order chi connectivity index (χ0) is 19.1. The van der Waals surface area contributed by atoms with E-state index in [0.717, 1.165) is 30.6 Å². The molecule has 0 radical (unpaired) electrons. The van der Waals surface area contributed by atoms with Gasteiger partial charge in [-0.2, -0.15) is 0 Å². The second-order valence-electron chi connectivity index (χ2n) is 7.10. The van der Waals surface area contributed by atoms with E-state index in [1.807, 2.05) is 31.2 Å². The number of nitrogens with one attached hydrogen (secondary N) is 3. The second kappa shape index (κ2) is 11.2. The van der Waals surface area contributed by atoms with Crippen LogP contribution in [0.25, 0.3) is 0 Å². The van der Waals surface area contributed by atoms with Crippen LogP contribution in [0.4, 0.5) is 0 Å². The summed E-state index contributed by atoms with van der Waals surface area (Å²) in [5.74, 6) is 2.03. The molecule has 0 saturated heterocycles. The summed E-state index contributed by atoms with van der Waals surface area (Å²) >= 11 is 0. The van der Waals surface area contributed by atoms with Gasteiger partial charge < -0.3 is 15.4 Å². The Kier molecular flexibility index (Phi) is 9.29. The lowest BCUT2D eigenvalue weighted by atomic mass is 9.86. The molecular formula is C19H31IN4O3S. The number of hydrogen-bond acceptors (Lipinski definition) is 4. The van der Waals surface area contributed by atoms with E-state index in [4.69, 9.17) is 4.74 Å². The number of guanidine groups is 1. The van der Waals surface area contributed by atoms with Crippen LogP contribution in [0.2, 0.25) is 0 Å². The number of fused-ring (bicyclic) bond motifs is 1. The number of para-hydroxylation sites is 1. The van der Waals surface area contributed by atoms with Gasteiger partial charge in [-0.25, -0.2) is 13.1 Å². The number of ether oxygens (including phenoxy) is 1. The molecule has 3 N–H and O–H groups in total. The van der Waals surface area contributed by atoms with E-state index in [-0.39, 0.29) is 42.3 Å². The van der Waals surface area contributed by atoms with Crippen molar-refractivity contribution >= 4 is 40.0 Å². The first-order valence-electron chi connectivity index (χ1n) is 9.81. The molecule has 1 aromatic carbocycles. The van der Waals surface area contributed by atoms with Gasteiger partial charge in [0.1, 0.15) is 5.75 Å². The molecule has 7 nitrogen and oxygen atoms in total. The largest absolute Gasteiger partial charge is 0.493 e. The summed E-state index contributed by atoms with van der Waals surface area (Å²) in [6.07, 6.45) is 4.30. The first-order valence-corrected chi connectivity index (χ1v) is 11.5. The van der Waals surface area contributed by atoms with E-state index in [1.54, 1.807) is 0 Å². The number of halogens is 1. The normalized spacial score (nSPS) is 19.6. The van der Waals surface area contributed by atoms with Crippen molar-refractivity contribution in [3.05, 3.63) is 29.8 Å². The van der Waals surface area contributed by atoms with Crippen LogP contribution in [-0.2, 0) is 10.0 Å². The van der Waals surface area contributed by atoms with Crippen molar-refractivity contribution < 1.29 is 13.2 Å². The van der Waals surface area contributed by atoms with Gasteiger partial charge >= 0.3 is 0 Å². The number of hydrogen-bond donors (Lipinski definition) is 3. The van der Waals surface area contributed by atoms with Crippen molar-refractivity contribution in [1.29, 1.82) is 0 Å². The van der Waals surface area contributed by atoms with Crippen LogP contribution >= 0.6 is 24.0 Å². The summed E-state index contributed by atoms with van der Waals surface area (Å²) in [4.78, 5) is 4.46. The lowest BCUT2D eigenvalue weighted by molar-refractivity contribution is 0.261. The van der Waals surface area contributed by atoms with E-state index in [9.17, 15) is 8.42 Å². The third-order valence-electron chi connectivity index (χ3n) is 5.06. The molecule has 1 heterocycles. The maximum absolute atomic E-state index is 12.1. The molecule has 28 heavy (non-hydrogen) atoms. The molecule has 0 amide bonds. The van der Waals surface area contributed by atoms with Crippen LogP contribution in [0.5, 0.6) is 5.75 Å². The predicted molar refractivity (Wildman–Crippen MR) is 123 cm³/mol. The highest BCUT2D eigenvalue weighted by molar-refractivity contribution is 14.0. The minimum Gasteiger partial charge on any atom is -0.493 e. The number of rotatable bonds is 8. The summed E-state index contributed by atoms with van der Waals surface area (Å²) in [6, 6.07) is 8.06. The van der Waals surface area contributed by atoms with Gasteiger partial charge in [0.05, 0.1) is 24.9 Å². The Morgan fingerprint density at radius 3 is 2.75 bits per heavy atom. The van der Waals surface area contributed by atoms with Crippen LogP contribution in [0.15, 0.2) is 29.3 Å². The van der Waals surface area contributed by atoms with Gasteiger partial charge in [0.2, 0.25) is 10.0 Å². The fourth-order valence-electron chi connectivity index (χ4n) is 3.27. The molecule has 1 atom stereocenters. The van der Waals surface area contributed by atoms with Gasteiger partial charge in [-0.15, -0.1) is 24.0 Å². The van der Waals surface area contributed by atoms with Crippen LogP contribution in [0.1, 0.15) is 44.2 Å². The van der Waals surface area contributed by atoms with E-state index in [1.165, 1.54) is 6.42 Å². The predicted octanol–water partition coefficient (Wildman–Crippen LogP) is 2.40. The fraction of sp³-hybridized carbons (Fsp3) is 0.632. The second-order valence-corrected chi connectivity index (χ2v) is 9.02. The Morgan fingerprint density at radius 1 is 1.25 bits per heavy atom. The average molecular weight is 522 g/mol. The van der Waals surface area contributed by atoms with E-state index >= 15 is 0 Å². The van der Waals surface area contributed by atoms with E-state index < -0.39 is 10.0 Å². The molecule has 158 valence electrons. The molecule has 1 aromatic rings. The first-order chi connectivity index (χ1) is 13.1. The summed E-state index contributed by atoms with van der Waals surface area (Å²) in [5.41, 5.74) is 1.10. The smallest absolute Gasteiger partial charge is 0.213 e. The summed E-state index contributed by atoms with van der Waals surface area (Å²) < 4.78 is 32.7. The van der Waals surface area contributed by atoms with Crippen LogP contribution in [0.3, 0.4) is 0 Å². The lowest BCUT2D eigenvalue weighted by Gasteiger charge is -2.28. The van der Waals surface area contributed by atoms with Crippen molar-refractivity contribution in [2.75, 3.05) is 32.0 Å². The molecule has 1 aliphatic heterocycles. The quantitative estimate of drug-likeness (QED) is 0.277. The maximum Gasteiger partial charge on any atom is 0.213 e. The minimum atomic E-state index is -3.28. The Morgan fingerprint density at radius 2 is 2.04 bits per heavy atom. The Labute approximate surface area is 185 Å². The topological polar surface area (TPSA) is 91.8 Å². The molecule has 1 fully saturated rings. The lowest BCUT2D eigenvalue weighted by Crippen LogP contribution is -2.41. The number of aliphatic imine (C=N–C) groups is 1. The van der Waals surface area contributed by atoms with E-state index in [0.29, 0.717) is 31.6 Å². The monoisotopic (exact) mass is 522 g/mol. The van der Waals surface area contributed by atoms with Crippen LogP contribution < -0.4 is 20.1 Å². The van der Waals surface area contributed by atoms with Gasteiger partial charge in [-0.05, 0) is 31.7 Å². The minimum absolute atomic E-state index is 0. The molecule has 2 aliphatic rings. The Balaban J connectivity index is 0.00000280. The molecule has 0 aromatic heterocycles. The van der Waals surface area contributed by atoms with Gasteiger partial charge in [0.15, 0.2) is 5.96 Å². The van der Waals surface area contributed by atoms with Gasteiger partial charge in [0.25, 0.3) is 0 Å². The molecule has 3 rings (SSSR count).